The van der Waals surface area contributed by atoms with Gasteiger partial charge in [0.15, 0.2) is 0 Å². The molecule has 4 N–H and O–H groups in total. The van der Waals surface area contributed by atoms with Gasteiger partial charge >= 0.3 is 5.97 Å². The average molecular weight is 756 g/mol. The molecular weight excluding hydrogens is 711 g/mol. The summed E-state index contributed by atoms with van der Waals surface area (Å²) in [5, 5.41) is 14.3. The van der Waals surface area contributed by atoms with E-state index < -0.39 is 28.7 Å². The molecule has 5 amide bonds. The van der Waals surface area contributed by atoms with Crippen molar-refractivity contribution in [3.8, 4) is 0 Å². The fourth-order valence-electron chi connectivity index (χ4n) is 5.43. The minimum atomic E-state index is -0.991. The third kappa shape index (κ3) is 9.08. The molecule has 0 saturated carbocycles. The Hall–Kier alpha value is -5.70. The van der Waals surface area contributed by atoms with Crippen molar-refractivity contribution >= 4 is 74.5 Å². The van der Waals surface area contributed by atoms with Crippen LogP contribution in [-0.4, -0.2) is 69.6 Å². The van der Waals surface area contributed by atoms with Crippen LogP contribution in [-0.2, 0) is 25.7 Å². The largest absolute Gasteiger partial charge is 0.464 e. The molecule has 1 aliphatic heterocycles. The summed E-state index contributed by atoms with van der Waals surface area (Å²) in [6.07, 6.45) is 0.424. The molecule has 14 nitrogen and oxygen atoms in total. The number of amides is 5. The number of carbonyl (C=O) groups excluding carboxylic acids is 6. The molecule has 0 radical (unpaired) electrons. The second-order valence-corrected chi connectivity index (χ2v) is 15.8. The van der Waals surface area contributed by atoms with Gasteiger partial charge in [0.25, 0.3) is 17.7 Å². The molecule has 54 heavy (non-hydrogen) atoms. The Balaban J connectivity index is 1.24. The molecule has 0 aliphatic carbocycles. The highest BCUT2D eigenvalue weighted by atomic mass is 32.1. The topological polar surface area (TPSA) is 189 Å². The van der Waals surface area contributed by atoms with Gasteiger partial charge in [-0.1, -0.05) is 53.7 Å². The van der Waals surface area contributed by atoms with E-state index in [-0.39, 0.29) is 61.4 Å². The van der Waals surface area contributed by atoms with Crippen LogP contribution in [0.15, 0.2) is 53.9 Å². The molecule has 1 atom stereocenters. The maximum absolute atomic E-state index is 13.3. The Morgan fingerprint density at radius 3 is 2.06 bits per heavy atom. The van der Waals surface area contributed by atoms with Crippen LogP contribution in [0.3, 0.4) is 0 Å². The molecule has 2 aromatic carbocycles. The van der Waals surface area contributed by atoms with Gasteiger partial charge in [-0.15, -0.1) is 11.3 Å². The summed E-state index contributed by atoms with van der Waals surface area (Å²) in [6, 6.07) is 12.3. The van der Waals surface area contributed by atoms with Gasteiger partial charge in [0, 0.05) is 35.2 Å². The van der Waals surface area contributed by atoms with Crippen molar-refractivity contribution < 1.29 is 33.5 Å². The SMILES string of the molecule is CCOC(=O)C(CCCN1C(=O)c2ccccc2C1=O)NC(=O)c1ccc(NCc2csc3nc(NC(=O)C(C)(C)C)nc(NC(=O)C(C)(C)C)c23)cc1. The quantitative estimate of drug-likeness (QED) is 0.0929. The fourth-order valence-corrected chi connectivity index (χ4v) is 6.37. The number of ether oxygens (including phenoxy) is 1. The van der Waals surface area contributed by atoms with Crippen LogP contribution in [0.4, 0.5) is 17.5 Å². The average Bonchev–Trinajstić information content (AvgIpc) is 3.63. The van der Waals surface area contributed by atoms with E-state index in [0.717, 1.165) is 10.5 Å². The highest BCUT2D eigenvalue weighted by Crippen LogP contribution is 2.33. The van der Waals surface area contributed by atoms with Gasteiger partial charge in [0.1, 0.15) is 16.7 Å². The lowest BCUT2D eigenvalue weighted by molar-refractivity contribution is -0.145. The Bertz CT molecular complexity index is 2060. The van der Waals surface area contributed by atoms with Crippen molar-refractivity contribution in [3.63, 3.8) is 0 Å². The van der Waals surface area contributed by atoms with Crippen molar-refractivity contribution in [1.82, 2.24) is 20.2 Å². The molecule has 0 saturated heterocycles. The third-order valence-electron chi connectivity index (χ3n) is 8.59. The molecule has 284 valence electrons. The van der Waals surface area contributed by atoms with E-state index in [0.29, 0.717) is 39.1 Å². The van der Waals surface area contributed by atoms with E-state index >= 15 is 0 Å². The Labute approximate surface area is 317 Å². The molecular formula is C39H45N7O7S. The van der Waals surface area contributed by atoms with Crippen LogP contribution < -0.4 is 21.3 Å². The minimum absolute atomic E-state index is 0.0867. The molecule has 2 aromatic heterocycles. The van der Waals surface area contributed by atoms with Crippen LogP contribution in [0.5, 0.6) is 0 Å². The molecule has 0 bridgehead atoms. The van der Waals surface area contributed by atoms with E-state index in [2.05, 4.69) is 31.2 Å². The first-order chi connectivity index (χ1) is 25.5. The minimum Gasteiger partial charge on any atom is -0.464 e. The normalized spacial score (nSPS) is 13.4. The van der Waals surface area contributed by atoms with Gasteiger partial charge in [-0.3, -0.25) is 34.2 Å². The number of fused-ring (bicyclic) bond motifs is 2. The molecule has 0 spiro atoms. The van der Waals surface area contributed by atoms with Crippen molar-refractivity contribution in [2.45, 2.75) is 73.9 Å². The number of carbonyl (C=O) groups is 6. The first-order valence-corrected chi connectivity index (χ1v) is 18.5. The molecule has 1 aliphatic rings. The van der Waals surface area contributed by atoms with Crippen LogP contribution in [0.2, 0.25) is 0 Å². The zero-order valence-corrected chi connectivity index (χ0v) is 32.2. The third-order valence-corrected chi connectivity index (χ3v) is 9.51. The molecule has 1 unspecified atom stereocenters. The van der Waals surface area contributed by atoms with Crippen molar-refractivity contribution in [2.75, 3.05) is 29.1 Å². The van der Waals surface area contributed by atoms with Gasteiger partial charge in [-0.05, 0) is 67.1 Å². The number of hydrogen-bond acceptors (Lipinski definition) is 11. The van der Waals surface area contributed by atoms with Gasteiger partial charge in [-0.25, -0.2) is 9.78 Å². The van der Waals surface area contributed by atoms with Crippen molar-refractivity contribution in [2.24, 2.45) is 10.8 Å². The first kappa shape index (κ1) is 39.5. The summed E-state index contributed by atoms with van der Waals surface area (Å²) >= 11 is 1.35. The first-order valence-electron chi connectivity index (χ1n) is 17.7. The fraction of sp³-hybridized carbons (Fsp3) is 0.385. The smallest absolute Gasteiger partial charge is 0.328 e. The van der Waals surface area contributed by atoms with Gasteiger partial charge in [0.2, 0.25) is 17.8 Å². The number of aromatic nitrogens is 2. The molecule has 5 rings (SSSR count). The van der Waals surface area contributed by atoms with E-state index in [9.17, 15) is 28.8 Å². The Morgan fingerprint density at radius 2 is 1.46 bits per heavy atom. The predicted octanol–water partition coefficient (Wildman–Crippen LogP) is 6.01. The monoisotopic (exact) mass is 755 g/mol. The summed E-state index contributed by atoms with van der Waals surface area (Å²) < 4.78 is 5.20. The number of benzene rings is 2. The van der Waals surface area contributed by atoms with Crippen LogP contribution in [0, 0.1) is 10.8 Å². The number of nitrogens with zero attached hydrogens (tertiary/aromatic N) is 3. The maximum Gasteiger partial charge on any atom is 0.328 e. The molecule has 4 aromatic rings. The van der Waals surface area contributed by atoms with E-state index in [4.69, 9.17) is 4.74 Å². The number of imide groups is 1. The number of thiophene rings is 1. The highest BCUT2D eigenvalue weighted by molar-refractivity contribution is 7.17. The second kappa shape index (κ2) is 16.1. The van der Waals surface area contributed by atoms with Gasteiger partial charge < -0.3 is 20.7 Å². The van der Waals surface area contributed by atoms with Crippen molar-refractivity contribution in [1.29, 1.82) is 0 Å². The summed E-state index contributed by atoms with van der Waals surface area (Å²) in [7, 11) is 0. The van der Waals surface area contributed by atoms with Crippen LogP contribution in [0.1, 0.15) is 97.9 Å². The number of rotatable bonds is 13. The zero-order chi connectivity index (χ0) is 39.4. The molecule has 3 heterocycles. The Morgan fingerprint density at radius 1 is 0.852 bits per heavy atom. The number of anilines is 3. The molecule has 0 fully saturated rings. The van der Waals surface area contributed by atoms with Gasteiger partial charge in [0.05, 0.1) is 23.1 Å². The van der Waals surface area contributed by atoms with Gasteiger partial charge in [-0.2, -0.15) is 4.98 Å². The van der Waals surface area contributed by atoms with Crippen LogP contribution in [0.25, 0.3) is 10.2 Å². The highest BCUT2D eigenvalue weighted by Gasteiger charge is 2.35. The lowest BCUT2D eigenvalue weighted by atomic mass is 9.95. The maximum atomic E-state index is 13.3. The summed E-state index contributed by atoms with van der Waals surface area (Å²) in [6.45, 7) is 12.9. The molecule has 15 heteroatoms. The number of esters is 1. The van der Waals surface area contributed by atoms with Crippen molar-refractivity contribution in [3.05, 3.63) is 76.2 Å². The Kier molecular flexibility index (Phi) is 11.8. The summed E-state index contributed by atoms with van der Waals surface area (Å²) in [5.74, 6) is -2.00. The standard InChI is InChI=1S/C39H45N7O7S/c1-8-53-34(50)27(14-11-19-46-32(48)25-12-9-10-13-26(25)33(46)49)41-30(47)22-15-17-24(18-16-22)40-20-23-21-54-31-28(23)29(42-35(51)38(2,3)4)43-37(44-31)45-36(52)39(5,6)7/h9-10,12-13,15-18,21,27,40H,8,11,14,19-20H2,1-7H3,(H,41,47)(H2,42,43,44,45,51,52). The van der Waals surface area contributed by atoms with Crippen LogP contribution >= 0.6 is 11.3 Å². The number of nitrogens with one attached hydrogen (secondary N) is 4. The lowest BCUT2D eigenvalue weighted by Crippen LogP contribution is -2.42. The zero-order valence-electron chi connectivity index (χ0n) is 31.4. The lowest BCUT2D eigenvalue weighted by Gasteiger charge is -2.20. The van der Waals surface area contributed by atoms with E-state index in [1.807, 2.05) is 5.38 Å². The number of hydrogen-bond donors (Lipinski definition) is 4. The summed E-state index contributed by atoms with van der Waals surface area (Å²) in [4.78, 5) is 88.0. The second-order valence-electron chi connectivity index (χ2n) is 14.9. The predicted molar refractivity (Wildman–Crippen MR) is 206 cm³/mol. The summed E-state index contributed by atoms with van der Waals surface area (Å²) in [5.41, 5.74) is 1.13. The van der Waals surface area contributed by atoms with E-state index in [1.165, 1.54) is 11.3 Å². The van der Waals surface area contributed by atoms with E-state index in [1.54, 1.807) is 97.0 Å².